The van der Waals surface area contributed by atoms with E-state index in [1.165, 1.54) is 18.2 Å². The number of carbonyl (C=O) groups excluding carboxylic acids is 2. The summed E-state index contributed by atoms with van der Waals surface area (Å²) < 4.78 is 5.21. The lowest BCUT2D eigenvalue weighted by Crippen LogP contribution is -2.40. The van der Waals surface area contributed by atoms with Gasteiger partial charge in [-0.25, -0.2) is 4.79 Å². The largest absolute Gasteiger partial charge is 0.508 e. The van der Waals surface area contributed by atoms with Crippen LogP contribution in [0.2, 0.25) is 0 Å². The third-order valence-corrected chi connectivity index (χ3v) is 4.22. The summed E-state index contributed by atoms with van der Waals surface area (Å²) in [6.07, 6.45) is -0.185. The molecule has 0 spiro atoms. The molecule has 1 aromatic rings. The van der Waals surface area contributed by atoms with Gasteiger partial charge < -0.3 is 14.9 Å². The van der Waals surface area contributed by atoms with Gasteiger partial charge >= 0.3 is 12.1 Å². The summed E-state index contributed by atoms with van der Waals surface area (Å²) in [6.45, 7) is 5.15. The van der Waals surface area contributed by atoms with Crippen molar-refractivity contribution in [3.05, 3.63) is 23.8 Å². The molecule has 3 N–H and O–H groups in total. The number of hydrogen-bond donors (Lipinski definition) is 3. The average Bonchev–Trinajstić information content (AvgIpc) is 2.48. The van der Waals surface area contributed by atoms with E-state index in [2.05, 4.69) is 5.32 Å². The van der Waals surface area contributed by atoms with Gasteiger partial charge in [-0.05, 0) is 57.4 Å². The Balaban J connectivity index is 2.42. The molecule has 1 amide bonds. The molecule has 2 rings (SSSR count). The molecule has 0 saturated heterocycles. The number of aromatic hydroxyl groups is 1. The van der Waals surface area contributed by atoms with Crippen LogP contribution in [0.25, 0.3) is 0 Å². The standard InChI is InChI=1S/C18H23NO6/c1-17(2,3)25-16(24)19-14-5-4-12(21)10-13(14)18(15(22)23)8-6-11(20)7-9-18/h4-5,10,21H,6-9H2,1-3H3,(H,19,24)(H,22,23). The molecule has 136 valence electrons. The van der Waals surface area contributed by atoms with Crippen molar-refractivity contribution in [1.29, 1.82) is 0 Å². The van der Waals surface area contributed by atoms with Crippen molar-refractivity contribution in [1.82, 2.24) is 0 Å². The lowest BCUT2D eigenvalue weighted by Gasteiger charge is -2.34. The van der Waals surface area contributed by atoms with E-state index in [9.17, 15) is 24.6 Å². The molecule has 7 nitrogen and oxygen atoms in total. The zero-order valence-corrected chi connectivity index (χ0v) is 14.6. The quantitative estimate of drug-likeness (QED) is 0.722. The Hall–Kier alpha value is -2.57. The first-order chi connectivity index (χ1) is 11.5. The molecular weight excluding hydrogens is 326 g/mol. The van der Waals surface area contributed by atoms with Crippen molar-refractivity contribution < 1.29 is 29.3 Å². The highest BCUT2D eigenvalue weighted by molar-refractivity contribution is 5.92. The smallest absolute Gasteiger partial charge is 0.412 e. The number of ether oxygens (including phenoxy) is 1. The fourth-order valence-electron chi connectivity index (χ4n) is 3.00. The number of benzene rings is 1. The second-order valence-corrected chi connectivity index (χ2v) is 7.28. The van der Waals surface area contributed by atoms with Gasteiger partial charge in [0.1, 0.15) is 17.1 Å². The summed E-state index contributed by atoms with van der Waals surface area (Å²) >= 11 is 0. The Kier molecular flexibility index (Phi) is 5.06. The van der Waals surface area contributed by atoms with E-state index >= 15 is 0 Å². The highest BCUT2D eigenvalue weighted by Gasteiger charge is 2.45. The molecule has 1 saturated carbocycles. The number of ketones is 1. The Morgan fingerprint density at radius 2 is 1.80 bits per heavy atom. The van der Waals surface area contributed by atoms with Crippen LogP contribution >= 0.6 is 0 Å². The number of hydrogen-bond acceptors (Lipinski definition) is 5. The predicted octanol–water partition coefficient (Wildman–Crippen LogP) is 3.20. The number of amides is 1. The molecule has 0 aliphatic heterocycles. The van der Waals surface area contributed by atoms with Crippen LogP contribution in [0.3, 0.4) is 0 Å². The fraction of sp³-hybridized carbons (Fsp3) is 0.500. The molecule has 0 radical (unpaired) electrons. The van der Waals surface area contributed by atoms with Crippen molar-refractivity contribution in [3.8, 4) is 5.75 Å². The Morgan fingerprint density at radius 3 is 2.32 bits per heavy atom. The minimum Gasteiger partial charge on any atom is -0.508 e. The molecular formula is C18H23NO6. The molecule has 1 aromatic carbocycles. The summed E-state index contributed by atoms with van der Waals surface area (Å²) in [5.74, 6) is -1.18. The van der Waals surface area contributed by atoms with E-state index in [0.29, 0.717) is 0 Å². The topological polar surface area (TPSA) is 113 Å². The maximum atomic E-state index is 12.1. The van der Waals surface area contributed by atoms with Crippen LogP contribution in [0.5, 0.6) is 5.75 Å². The van der Waals surface area contributed by atoms with Crippen LogP contribution in [0.1, 0.15) is 52.0 Å². The number of Topliss-reactive ketones (excluding diaryl/α,β-unsaturated/α-hetero) is 1. The molecule has 0 aromatic heterocycles. The first-order valence-corrected chi connectivity index (χ1v) is 8.12. The van der Waals surface area contributed by atoms with Gasteiger partial charge in [-0.15, -0.1) is 0 Å². The number of phenolic OH excluding ortho intramolecular Hbond substituents is 1. The van der Waals surface area contributed by atoms with E-state index in [1.807, 2.05) is 0 Å². The average molecular weight is 349 g/mol. The van der Waals surface area contributed by atoms with E-state index < -0.39 is 23.1 Å². The third-order valence-electron chi connectivity index (χ3n) is 4.22. The summed E-state index contributed by atoms with van der Waals surface area (Å²) in [5.41, 5.74) is -1.51. The molecule has 25 heavy (non-hydrogen) atoms. The Morgan fingerprint density at radius 1 is 1.20 bits per heavy atom. The first kappa shape index (κ1) is 18.8. The normalized spacial score (nSPS) is 17.0. The van der Waals surface area contributed by atoms with Crippen LogP contribution in [0.15, 0.2) is 18.2 Å². The van der Waals surface area contributed by atoms with Gasteiger partial charge in [0.25, 0.3) is 0 Å². The van der Waals surface area contributed by atoms with E-state index in [0.717, 1.165) is 0 Å². The number of carboxylic acids is 1. The van der Waals surface area contributed by atoms with E-state index in [4.69, 9.17) is 4.74 Å². The van der Waals surface area contributed by atoms with Gasteiger partial charge in [0.05, 0.1) is 5.41 Å². The highest BCUT2D eigenvalue weighted by Crippen LogP contribution is 2.43. The van der Waals surface area contributed by atoms with Crippen molar-refractivity contribution in [2.75, 3.05) is 5.32 Å². The monoisotopic (exact) mass is 349 g/mol. The lowest BCUT2D eigenvalue weighted by molar-refractivity contribution is -0.146. The van der Waals surface area contributed by atoms with Crippen LogP contribution in [0.4, 0.5) is 10.5 Å². The molecule has 0 bridgehead atoms. The number of anilines is 1. The van der Waals surface area contributed by atoms with Gasteiger partial charge in [0.2, 0.25) is 0 Å². The van der Waals surface area contributed by atoms with E-state index in [1.54, 1.807) is 20.8 Å². The van der Waals surface area contributed by atoms with Gasteiger partial charge in [0, 0.05) is 18.5 Å². The van der Waals surface area contributed by atoms with Crippen LogP contribution in [-0.2, 0) is 19.7 Å². The summed E-state index contributed by atoms with van der Waals surface area (Å²) in [6, 6.07) is 4.13. The number of aliphatic carboxylic acids is 1. The molecule has 0 heterocycles. The maximum Gasteiger partial charge on any atom is 0.412 e. The van der Waals surface area contributed by atoms with Crippen LogP contribution < -0.4 is 5.32 Å². The van der Waals surface area contributed by atoms with Gasteiger partial charge in [-0.1, -0.05) is 0 Å². The number of phenols is 1. The molecule has 7 heteroatoms. The second kappa shape index (κ2) is 6.74. The molecule has 1 aliphatic carbocycles. The zero-order valence-electron chi connectivity index (χ0n) is 14.6. The van der Waals surface area contributed by atoms with Crippen molar-refractivity contribution >= 4 is 23.5 Å². The van der Waals surface area contributed by atoms with E-state index in [-0.39, 0.29) is 48.5 Å². The molecule has 1 fully saturated rings. The number of nitrogens with one attached hydrogen (secondary N) is 1. The van der Waals surface area contributed by atoms with Crippen molar-refractivity contribution in [3.63, 3.8) is 0 Å². The molecule has 0 atom stereocenters. The summed E-state index contributed by atoms with van der Waals surface area (Å²) in [7, 11) is 0. The molecule has 1 aliphatic rings. The third kappa shape index (κ3) is 4.29. The predicted molar refractivity (Wildman–Crippen MR) is 90.8 cm³/mol. The minimum atomic E-state index is -1.34. The Labute approximate surface area is 146 Å². The minimum absolute atomic E-state index is 0.0127. The number of rotatable bonds is 3. The van der Waals surface area contributed by atoms with Crippen LogP contribution in [-0.4, -0.2) is 33.7 Å². The van der Waals surface area contributed by atoms with Crippen molar-refractivity contribution in [2.24, 2.45) is 0 Å². The van der Waals surface area contributed by atoms with Gasteiger partial charge in [-0.2, -0.15) is 0 Å². The number of carboxylic acid groups (broad SMARTS) is 1. The second-order valence-electron chi connectivity index (χ2n) is 7.28. The SMILES string of the molecule is CC(C)(C)OC(=O)Nc1ccc(O)cc1C1(C(=O)O)CCC(=O)CC1. The number of carbonyl (C=O) groups is 3. The van der Waals surface area contributed by atoms with Gasteiger partial charge in [-0.3, -0.25) is 14.9 Å². The Bertz CT molecular complexity index is 694. The van der Waals surface area contributed by atoms with Crippen molar-refractivity contribution in [2.45, 2.75) is 57.5 Å². The summed E-state index contributed by atoms with van der Waals surface area (Å²) in [4.78, 5) is 35.7. The fourth-order valence-corrected chi connectivity index (χ4v) is 3.00. The zero-order chi connectivity index (χ0) is 18.8. The van der Waals surface area contributed by atoms with Gasteiger partial charge in [0.15, 0.2) is 0 Å². The highest BCUT2D eigenvalue weighted by atomic mass is 16.6. The maximum absolute atomic E-state index is 12.1. The first-order valence-electron chi connectivity index (χ1n) is 8.12. The lowest BCUT2D eigenvalue weighted by atomic mass is 9.68. The molecule has 0 unspecified atom stereocenters. The van der Waals surface area contributed by atoms with Crippen LogP contribution in [0, 0.1) is 0 Å². The summed E-state index contributed by atoms with van der Waals surface area (Å²) in [5, 5.41) is 22.2.